The lowest BCUT2D eigenvalue weighted by Crippen LogP contribution is -2.46. The van der Waals surface area contributed by atoms with E-state index in [2.05, 4.69) is 22.8 Å². The lowest BCUT2D eigenvalue weighted by atomic mass is 10.1. The van der Waals surface area contributed by atoms with E-state index in [1.807, 2.05) is 53.1 Å². The summed E-state index contributed by atoms with van der Waals surface area (Å²) in [6.45, 7) is 0.868. The molecule has 0 saturated carbocycles. The van der Waals surface area contributed by atoms with Gasteiger partial charge in [-0.2, -0.15) is 0 Å². The van der Waals surface area contributed by atoms with Gasteiger partial charge in [0.2, 0.25) is 11.8 Å². The molecule has 2 aromatic carbocycles. The summed E-state index contributed by atoms with van der Waals surface area (Å²) < 4.78 is 2.02. The Bertz CT molecular complexity index is 962. The molecule has 2 N–H and O–H groups in total. The molecule has 2 amide bonds. The van der Waals surface area contributed by atoms with E-state index >= 15 is 0 Å². The van der Waals surface area contributed by atoms with Gasteiger partial charge in [-0.3, -0.25) is 9.59 Å². The Morgan fingerprint density at radius 2 is 1.85 bits per heavy atom. The van der Waals surface area contributed by atoms with Crippen molar-refractivity contribution in [3.63, 3.8) is 0 Å². The minimum Gasteiger partial charge on any atom is -0.354 e. The van der Waals surface area contributed by atoms with Crippen molar-refractivity contribution in [2.75, 3.05) is 6.54 Å². The fourth-order valence-corrected chi connectivity index (χ4v) is 3.69. The van der Waals surface area contributed by atoms with Crippen LogP contribution in [0.5, 0.6) is 0 Å². The van der Waals surface area contributed by atoms with Crippen LogP contribution in [0.4, 0.5) is 0 Å². The van der Waals surface area contributed by atoms with Crippen LogP contribution in [0.3, 0.4) is 0 Å². The zero-order chi connectivity index (χ0) is 18.6. The maximum absolute atomic E-state index is 12.8. The molecule has 0 radical (unpaired) electrons. The fraction of sp³-hybridized carbons (Fsp3) is 0.273. The average Bonchev–Trinajstić information content (AvgIpc) is 2.93. The number of amides is 2. The first-order valence-electron chi connectivity index (χ1n) is 9.43. The Labute approximate surface area is 158 Å². The van der Waals surface area contributed by atoms with Gasteiger partial charge in [0.25, 0.3) is 0 Å². The largest absolute Gasteiger partial charge is 0.354 e. The number of hydrogen-bond donors (Lipinski definition) is 2. The lowest BCUT2D eigenvalue weighted by molar-refractivity contribution is -0.129. The zero-order valence-corrected chi connectivity index (χ0v) is 15.2. The molecule has 4 rings (SSSR count). The van der Waals surface area contributed by atoms with Crippen molar-refractivity contribution in [1.29, 1.82) is 0 Å². The van der Waals surface area contributed by atoms with Gasteiger partial charge >= 0.3 is 0 Å². The summed E-state index contributed by atoms with van der Waals surface area (Å²) in [6.07, 6.45) is 2.58. The number of hydrogen-bond acceptors (Lipinski definition) is 2. The van der Waals surface area contributed by atoms with Crippen molar-refractivity contribution in [2.24, 2.45) is 0 Å². The van der Waals surface area contributed by atoms with Gasteiger partial charge in [0.05, 0.1) is 0 Å². The third-order valence-electron chi connectivity index (χ3n) is 5.05. The summed E-state index contributed by atoms with van der Waals surface area (Å²) in [5.74, 6) is -0.225. The summed E-state index contributed by atoms with van der Waals surface area (Å²) in [4.78, 5) is 24.9. The van der Waals surface area contributed by atoms with Crippen molar-refractivity contribution in [2.45, 2.75) is 31.8 Å². The first kappa shape index (κ1) is 17.3. The number of carbonyl (C=O) groups excluding carboxylic acids is 2. The Balaban J connectivity index is 1.62. The number of benzene rings is 2. The Kier molecular flexibility index (Phi) is 4.92. The highest BCUT2D eigenvalue weighted by Gasteiger charge is 2.23. The minimum atomic E-state index is -0.443. The molecular formula is C22H23N3O2. The van der Waals surface area contributed by atoms with E-state index in [4.69, 9.17) is 0 Å². The normalized spacial score (nSPS) is 17.3. The molecule has 27 heavy (non-hydrogen) atoms. The number of fused-ring (bicyclic) bond motifs is 1. The molecule has 1 saturated heterocycles. The topological polar surface area (TPSA) is 63.1 Å². The molecule has 5 heteroatoms. The SMILES string of the molecule is O=C(Cn1c(-c2ccccc2)cc2ccccc21)NC1CCCCNC1=O. The third kappa shape index (κ3) is 3.72. The van der Waals surface area contributed by atoms with Crippen LogP contribution in [0.2, 0.25) is 0 Å². The fourth-order valence-electron chi connectivity index (χ4n) is 3.69. The summed E-state index contributed by atoms with van der Waals surface area (Å²) in [5, 5.41) is 6.88. The highest BCUT2D eigenvalue weighted by atomic mass is 16.2. The second kappa shape index (κ2) is 7.66. The first-order chi connectivity index (χ1) is 13.2. The second-order valence-electron chi connectivity index (χ2n) is 6.95. The Morgan fingerprint density at radius 3 is 2.70 bits per heavy atom. The quantitative estimate of drug-likeness (QED) is 0.750. The van der Waals surface area contributed by atoms with Crippen molar-refractivity contribution in [1.82, 2.24) is 15.2 Å². The van der Waals surface area contributed by atoms with Crippen molar-refractivity contribution >= 4 is 22.7 Å². The summed E-state index contributed by atoms with van der Waals surface area (Å²) in [5.41, 5.74) is 3.07. The Morgan fingerprint density at radius 1 is 1.07 bits per heavy atom. The van der Waals surface area contributed by atoms with Crippen LogP contribution in [0.25, 0.3) is 22.2 Å². The molecule has 138 valence electrons. The van der Waals surface area contributed by atoms with Gasteiger partial charge in [-0.05, 0) is 37.0 Å². The molecule has 5 nitrogen and oxygen atoms in total. The average molecular weight is 361 g/mol. The van der Waals surface area contributed by atoms with Gasteiger partial charge in [0.1, 0.15) is 12.6 Å². The van der Waals surface area contributed by atoms with E-state index in [1.165, 1.54) is 0 Å². The van der Waals surface area contributed by atoms with E-state index in [0.29, 0.717) is 13.0 Å². The predicted molar refractivity (Wildman–Crippen MR) is 106 cm³/mol. The molecule has 0 aliphatic carbocycles. The van der Waals surface area contributed by atoms with Crippen LogP contribution in [0.1, 0.15) is 19.3 Å². The molecule has 1 aliphatic heterocycles. The van der Waals surface area contributed by atoms with Gasteiger partial charge in [-0.25, -0.2) is 0 Å². The van der Waals surface area contributed by atoms with Gasteiger partial charge in [-0.1, -0.05) is 48.5 Å². The first-order valence-corrected chi connectivity index (χ1v) is 9.43. The van der Waals surface area contributed by atoms with Crippen molar-refractivity contribution < 1.29 is 9.59 Å². The van der Waals surface area contributed by atoms with Crippen molar-refractivity contribution in [3.05, 3.63) is 60.7 Å². The highest BCUT2D eigenvalue weighted by molar-refractivity contribution is 5.91. The number of para-hydroxylation sites is 1. The number of nitrogens with one attached hydrogen (secondary N) is 2. The van der Waals surface area contributed by atoms with Gasteiger partial charge in [0, 0.05) is 23.1 Å². The number of nitrogens with zero attached hydrogens (tertiary/aromatic N) is 1. The molecule has 1 aliphatic rings. The molecule has 0 spiro atoms. The monoisotopic (exact) mass is 361 g/mol. The molecule has 1 aromatic heterocycles. The maximum Gasteiger partial charge on any atom is 0.242 e. The molecule has 1 unspecified atom stereocenters. The smallest absolute Gasteiger partial charge is 0.242 e. The van der Waals surface area contributed by atoms with E-state index in [9.17, 15) is 9.59 Å². The number of carbonyl (C=O) groups is 2. The zero-order valence-electron chi connectivity index (χ0n) is 15.2. The molecule has 0 bridgehead atoms. The Hall–Kier alpha value is -3.08. The van der Waals surface area contributed by atoms with E-state index in [0.717, 1.165) is 35.0 Å². The van der Waals surface area contributed by atoms with Crippen LogP contribution in [0, 0.1) is 0 Å². The van der Waals surface area contributed by atoms with E-state index in [-0.39, 0.29) is 18.4 Å². The molecular weight excluding hydrogens is 338 g/mol. The standard InChI is InChI=1S/C22H23N3O2/c26-21(24-18-11-6-7-13-23-22(18)27)15-25-19-12-5-4-10-17(19)14-20(25)16-8-2-1-3-9-16/h1-5,8-10,12,14,18H,6-7,11,13,15H2,(H,23,27)(H,24,26). The number of aromatic nitrogens is 1. The van der Waals surface area contributed by atoms with Crippen LogP contribution in [-0.4, -0.2) is 29.0 Å². The summed E-state index contributed by atoms with van der Waals surface area (Å²) in [6, 6.07) is 19.8. The minimum absolute atomic E-state index is 0.0819. The van der Waals surface area contributed by atoms with Crippen LogP contribution in [-0.2, 0) is 16.1 Å². The molecule has 1 fully saturated rings. The van der Waals surface area contributed by atoms with Crippen molar-refractivity contribution in [3.8, 4) is 11.3 Å². The van der Waals surface area contributed by atoms with Crippen LogP contribution >= 0.6 is 0 Å². The van der Waals surface area contributed by atoms with Crippen LogP contribution < -0.4 is 10.6 Å². The predicted octanol–water partition coefficient (Wildman–Crippen LogP) is 3.09. The highest BCUT2D eigenvalue weighted by Crippen LogP contribution is 2.28. The lowest BCUT2D eigenvalue weighted by Gasteiger charge is -2.17. The molecule has 3 aromatic rings. The molecule has 2 heterocycles. The summed E-state index contributed by atoms with van der Waals surface area (Å²) >= 11 is 0. The van der Waals surface area contributed by atoms with Crippen LogP contribution in [0.15, 0.2) is 60.7 Å². The van der Waals surface area contributed by atoms with Gasteiger partial charge in [-0.15, -0.1) is 0 Å². The van der Waals surface area contributed by atoms with Gasteiger partial charge < -0.3 is 15.2 Å². The molecule has 1 atom stereocenters. The number of rotatable bonds is 4. The third-order valence-corrected chi connectivity index (χ3v) is 5.05. The van der Waals surface area contributed by atoms with Gasteiger partial charge in [0.15, 0.2) is 0 Å². The summed E-state index contributed by atoms with van der Waals surface area (Å²) in [7, 11) is 0. The van der Waals surface area contributed by atoms with E-state index < -0.39 is 6.04 Å². The maximum atomic E-state index is 12.8. The van der Waals surface area contributed by atoms with E-state index in [1.54, 1.807) is 0 Å². The second-order valence-corrected chi connectivity index (χ2v) is 6.95.